The highest BCUT2D eigenvalue weighted by molar-refractivity contribution is 5.82. The van der Waals surface area contributed by atoms with Crippen LogP contribution in [-0.2, 0) is 16.0 Å². The molecule has 1 amide bonds. The second-order valence-electron chi connectivity index (χ2n) is 7.33. The molecule has 4 rings (SSSR count). The molecular weight excluding hydrogens is 375 g/mol. The number of aliphatic hydroxyl groups excluding tert-OH is 1. The normalized spacial score (nSPS) is 26.3. The lowest BCUT2D eigenvalue weighted by atomic mass is 9.87. The summed E-state index contributed by atoms with van der Waals surface area (Å²) >= 11 is 0. The lowest BCUT2D eigenvalue weighted by Gasteiger charge is -2.41. The Bertz CT molecular complexity index is 945. The maximum absolute atomic E-state index is 13.5. The van der Waals surface area contributed by atoms with Crippen LogP contribution in [-0.4, -0.2) is 47.3 Å². The number of nitrogens with zero attached hydrogens (tertiary/aromatic N) is 4. The topological polar surface area (TPSA) is 98.5 Å². The van der Waals surface area contributed by atoms with Gasteiger partial charge in [0.1, 0.15) is 11.9 Å². The smallest absolute Gasteiger partial charge is 0.252 e. The fraction of sp³-hybridized carbons (Fsp3) is 0.381. The van der Waals surface area contributed by atoms with Crippen LogP contribution < -0.4 is 0 Å². The molecule has 0 spiro atoms. The third-order valence-electron chi connectivity index (χ3n) is 5.60. The summed E-state index contributed by atoms with van der Waals surface area (Å²) in [6.07, 6.45) is -0.903. The van der Waals surface area contributed by atoms with E-state index in [0.717, 1.165) is 16.7 Å². The van der Waals surface area contributed by atoms with Gasteiger partial charge >= 0.3 is 0 Å². The number of azide groups is 1. The molecule has 2 aromatic rings. The van der Waals surface area contributed by atoms with E-state index in [2.05, 4.69) is 10.0 Å². The van der Waals surface area contributed by atoms with E-state index in [1.165, 1.54) is 12.1 Å². The van der Waals surface area contributed by atoms with Crippen LogP contribution in [0.3, 0.4) is 0 Å². The Morgan fingerprint density at radius 2 is 2.00 bits per heavy atom. The Labute approximate surface area is 167 Å². The van der Waals surface area contributed by atoms with Crippen LogP contribution in [0.5, 0.6) is 0 Å². The van der Waals surface area contributed by atoms with E-state index >= 15 is 0 Å². The molecule has 1 fully saturated rings. The van der Waals surface area contributed by atoms with Gasteiger partial charge in [-0.25, -0.2) is 4.39 Å². The van der Waals surface area contributed by atoms with Gasteiger partial charge < -0.3 is 14.7 Å². The number of carbonyl (C=O) groups is 1. The Kier molecular flexibility index (Phi) is 5.49. The molecule has 0 radical (unpaired) electrons. The van der Waals surface area contributed by atoms with E-state index in [1.807, 2.05) is 24.3 Å². The van der Waals surface area contributed by atoms with Crippen molar-refractivity contribution < 1.29 is 19.0 Å². The number of ether oxygens (including phenoxy) is 1. The summed E-state index contributed by atoms with van der Waals surface area (Å²) in [5.41, 5.74) is 11.7. The van der Waals surface area contributed by atoms with E-state index < -0.39 is 18.2 Å². The molecule has 2 aromatic carbocycles. The molecule has 1 N–H and O–H groups in total. The van der Waals surface area contributed by atoms with E-state index in [9.17, 15) is 14.3 Å². The first-order chi connectivity index (χ1) is 14.1. The van der Waals surface area contributed by atoms with Crippen LogP contribution in [0, 0.1) is 5.82 Å². The lowest BCUT2D eigenvalue weighted by molar-refractivity contribution is -0.154. The highest BCUT2D eigenvalue weighted by atomic mass is 19.1. The van der Waals surface area contributed by atoms with Crippen molar-refractivity contribution in [2.75, 3.05) is 13.2 Å². The Morgan fingerprint density at radius 3 is 2.76 bits per heavy atom. The molecule has 0 saturated carbocycles. The minimum Gasteiger partial charge on any atom is -0.390 e. The van der Waals surface area contributed by atoms with Crippen LogP contribution >= 0.6 is 0 Å². The summed E-state index contributed by atoms with van der Waals surface area (Å²) in [5, 5.41) is 13.5. The van der Waals surface area contributed by atoms with E-state index in [0.29, 0.717) is 13.0 Å². The van der Waals surface area contributed by atoms with Crippen molar-refractivity contribution in [3.05, 3.63) is 81.5 Å². The average Bonchev–Trinajstić information content (AvgIpc) is 2.75. The zero-order chi connectivity index (χ0) is 20.4. The summed E-state index contributed by atoms with van der Waals surface area (Å²) in [6.45, 7) is 0.429. The number of aliphatic hydroxyl groups is 1. The zero-order valence-corrected chi connectivity index (χ0v) is 15.7. The number of hydrogen-bond acceptors (Lipinski definition) is 4. The number of fused-ring (bicyclic) bond motifs is 1. The first kappa shape index (κ1) is 19.4. The van der Waals surface area contributed by atoms with Crippen LogP contribution in [0.25, 0.3) is 10.4 Å². The van der Waals surface area contributed by atoms with Gasteiger partial charge in [-0.2, -0.15) is 0 Å². The summed E-state index contributed by atoms with van der Waals surface area (Å²) in [6, 6.07) is 13.0. The number of carbonyl (C=O) groups excluding carboxylic acids is 1. The highest BCUT2D eigenvalue weighted by Gasteiger charge is 2.39. The Morgan fingerprint density at radius 1 is 1.24 bits per heavy atom. The quantitative estimate of drug-likeness (QED) is 0.490. The number of amides is 1. The van der Waals surface area contributed by atoms with Crippen molar-refractivity contribution >= 4 is 5.91 Å². The SMILES string of the molecule is [N-]=[N+]=NC1C[C@H](C(=O)N2CCc3ccccc3[C@@H]2c2ccc(F)cc2)OC[C@@H]1O. The Hall–Kier alpha value is -2.93. The highest BCUT2D eigenvalue weighted by Crippen LogP contribution is 2.36. The van der Waals surface area contributed by atoms with Crippen molar-refractivity contribution in [3.63, 3.8) is 0 Å². The predicted octanol–water partition coefficient (Wildman–Crippen LogP) is 3.13. The molecule has 0 bridgehead atoms. The Balaban J connectivity index is 1.67. The van der Waals surface area contributed by atoms with Crippen LogP contribution in [0.15, 0.2) is 53.6 Å². The van der Waals surface area contributed by atoms with Gasteiger partial charge in [-0.1, -0.05) is 41.5 Å². The molecule has 0 aromatic heterocycles. The molecule has 2 aliphatic rings. The minimum absolute atomic E-state index is 0.0638. The molecule has 150 valence electrons. The molecular formula is C21H21FN4O3. The van der Waals surface area contributed by atoms with Crippen molar-refractivity contribution in [2.24, 2.45) is 5.11 Å². The summed E-state index contributed by atoms with van der Waals surface area (Å²) in [7, 11) is 0. The second kappa shape index (κ2) is 8.21. The lowest BCUT2D eigenvalue weighted by Crippen LogP contribution is -2.51. The zero-order valence-electron chi connectivity index (χ0n) is 15.7. The van der Waals surface area contributed by atoms with Gasteiger partial charge in [-0.15, -0.1) is 0 Å². The monoisotopic (exact) mass is 396 g/mol. The molecule has 1 saturated heterocycles. The van der Waals surface area contributed by atoms with Gasteiger partial charge in [-0.05, 0) is 47.2 Å². The van der Waals surface area contributed by atoms with Crippen molar-refractivity contribution in [2.45, 2.75) is 37.1 Å². The van der Waals surface area contributed by atoms with Crippen LogP contribution in [0.4, 0.5) is 4.39 Å². The predicted molar refractivity (Wildman–Crippen MR) is 103 cm³/mol. The fourth-order valence-corrected chi connectivity index (χ4v) is 4.13. The van der Waals surface area contributed by atoms with Gasteiger partial charge in [-0.3, -0.25) is 4.79 Å². The third-order valence-corrected chi connectivity index (χ3v) is 5.60. The van der Waals surface area contributed by atoms with Gasteiger partial charge in [0.05, 0.1) is 24.8 Å². The number of halogens is 1. The molecule has 29 heavy (non-hydrogen) atoms. The molecule has 2 aliphatic heterocycles. The maximum Gasteiger partial charge on any atom is 0.252 e. The van der Waals surface area contributed by atoms with E-state index in [-0.39, 0.29) is 30.8 Å². The molecule has 1 unspecified atom stereocenters. The van der Waals surface area contributed by atoms with Gasteiger partial charge in [0.2, 0.25) is 0 Å². The summed E-state index contributed by atoms with van der Waals surface area (Å²) in [5.74, 6) is -0.559. The van der Waals surface area contributed by atoms with Gasteiger partial charge in [0.25, 0.3) is 5.91 Å². The van der Waals surface area contributed by atoms with E-state index in [4.69, 9.17) is 10.3 Å². The molecule has 7 nitrogen and oxygen atoms in total. The minimum atomic E-state index is -0.926. The first-order valence-electron chi connectivity index (χ1n) is 9.56. The maximum atomic E-state index is 13.5. The standard InChI is InChI=1S/C21H21FN4O3/c22-15-7-5-14(6-8-15)20-16-4-2-1-3-13(16)9-10-26(20)21(28)19-11-17(24-25-23)18(27)12-29-19/h1-8,17-20,27H,9-12H2/t17?,18-,19+,20-/m0/s1. The van der Waals surface area contributed by atoms with Crippen molar-refractivity contribution in [1.82, 2.24) is 4.90 Å². The molecule has 0 aliphatic carbocycles. The van der Waals surface area contributed by atoms with Crippen molar-refractivity contribution in [1.29, 1.82) is 0 Å². The van der Waals surface area contributed by atoms with Gasteiger partial charge in [0, 0.05) is 11.5 Å². The molecule has 4 atom stereocenters. The number of hydrogen-bond donors (Lipinski definition) is 1. The first-order valence-corrected chi connectivity index (χ1v) is 9.56. The third kappa shape index (κ3) is 3.82. The largest absolute Gasteiger partial charge is 0.390 e. The number of rotatable bonds is 3. The van der Waals surface area contributed by atoms with Crippen molar-refractivity contribution in [3.8, 4) is 0 Å². The van der Waals surface area contributed by atoms with Crippen LogP contribution in [0.1, 0.15) is 29.2 Å². The fourth-order valence-electron chi connectivity index (χ4n) is 4.13. The van der Waals surface area contributed by atoms with Crippen LogP contribution in [0.2, 0.25) is 0 Å². The van der Waals surface area contributed by atoms with E-state index in [1.54, 1.807) is 17.0 Å². The molecule has 2 heterocycles. The second-order valence-corrected chi connectivity index (χ2v) is 7.33. The summed E-state index contributed by atoms with van der Waals surface area (Å²) < 4.78 is 19.1. The summed E-state index contributed by atoms with van der Waals surface area (Å²) in [4.78, 5) is 17.9. The molecule has 8 heteroatoms. The van der Waals surface area contributed by atoms with Gasteiger partial charge in [0.15, 0.2) is 0 Å². The average molecular weight is 396 g/mol. The number of benzene rings is 2.